The van der Waals surface area contributed by atoms with Gasteiger partial charge in [0, 0.05) is 24.7 Å². The Kier molecular flexibility index (Phi) is 8.32. The van der Waals surface area contributed by atoms with Crippen molar-refractivity contribution in [3.05, 3.63) is 101 Å². The van der Waals surface area contributed by atoms with E-state index in [0.29, 0.717) is 35.6 Å². The highest BCUT2D eigenvalue weighted by Crippen LogP contribution is 2.35. The third kappa shape index (κ3) is 5.88. The van der Waals surface area contributed by atoms with Gasteiger partial charge in [-0.3, -0.25) is 10.3 Å². The lowest BCUT2D eigenvalue weighted by molar-refractivity contribution is -0.137. The summed E-state index contributed by atoms with van der Waals surface area (Å²) in [6.07, 6.45) is -1.91. The second kappa shape index (κ2) is 11.8. The van der Waals surface area contributed by atoms with Crippen molar-refractivity contribution in [1.82, 2.24) is 15.1 Å². The largest absolute Gasteiger partial charge is 0.429 e. The van der Waals surface area contributed by atoms with Crippen molar-refractivity contribution in [2.24, 2.45) is 4.99 Å². The van der Waals surface area contributed by atoms with Crippen LogP contribution in [0.1, 0.15) is 54.0 Å². The quantitative estimate of drug-likeness (QED) is 0.329. The highest BCUT2D eigenvalue weighted by Gasteiger charge is 2.49. The number of quaternary nitrogens is 1. The number of halogens is 3. The van der Waals surface area contributed by atoms with Crippen molar-refractivity contribution in [2.45, 2.75) is 43.5 Å². The van der Waals surface area contributed by atoms with Crippen molar-refractivity contribution >= 4 is 23.3 Å². The van der Waals surface area contributed by atoms with Gasteiger partial charge in [0.05, 0.1) is 35.5 Å². The number of hydrogen-bond acceptors (Lipinski definition) is 5. The number of imide groups is 1. The number of fused-ring (bicyclic) bond motifs is 1. The van der Waals surface area contributed by atoms with E-state index in [1.807, 2.05) is 30.3 Å². The lowest BCUT2D eigenvalue weighted by Crippen LogP contribution is -2.66. The van der Waals surface area contributed by atoms with Crippen molar-refractivity contribution < 1.29 is 27.9 Å². The zero-order chi connectivity index (χ0) is 30.0. The van der Waals surface area contributed by atoms with E-state index in [2.05, 4.69) is 15.6 Å². The standard InChI is InChI=1S/C32H33F3N4O3/c1-39(30(42)38-31(17-7-8-18-31)21-36-19-27(40)22-9-3-2-4-10-22)26-12-6-5-11-25(26)29(37-20-28(39)41)23-13-15-24(16-14-23)32(33,34)35/h2-6,9-16,27,36,40H,7-8,17-21H2,1H3/p+1/t27-,39?/m1/s1. The van der Waals surface area contributed by atoms with E-state index < -0.39 is 39.8 Å². The van der Waals surface area contributed by atoms with Crippen LogP contribution >= 0.6 is 0 Å². The molecule has 220 valence electrons. The van der Waals surface area contributed by atoms with Gasteiger partial charge in [-0.1, -0.05) is 67.4 Å². The van der Waals surface area contributed by atoms with E-state index >= 15 is 0 Å². The Balaban J connectivity index is 1.39. The number of rotatable bonds is 7. The molecule has 42 heavy (non-hydrogen) atoms. The van der Waals surface area contributed by atoms with Crippen LogP contribution in [-0.2, 0) is 11.0 Å². The highest BCUT2D eigenvalue weighted by atomic mass is 19.4. The Labute approximate surface area is 242 Å². The van der Waals surface area contributed by atoms with Gasteiger partial charge < -0.3 is 10.4 Å². The van der Waals surface area contributed by atoms with E-state index in [4.69, 9.17) is 0 Å². The van der Waals surface area contributed by atoms with E-state index in [9.17, 15) is 27.9 Å². The number of amides is 3. The number of urea groups is 1. The van der Waals surface area contributed by atoms with Gasteiger partial charge in [0.1, 0.15) is 0 Å². The third-order valence-electron chi connectivity index (χ3n) is 8.32. The van der Waals surface area contributed by atoms with E-state index in [-0.39, 0.29) is 6.54 Å². The van der Waals surface area contributed by atoms with Crippen LogP contribution in [0.3, 0.4) is 0 Å². The normalized spacial score (nSPS) is 20.8. The highest BCUT2D eigenvalue weighted by molar-refractivity contribution is 6.22. The molecular weight excluding hydrogens is 545 g/mol. The molecule has 10 heteroatoms. The Morgan fingerprint density at radius 2 is 1.64 bits per heavy atom. The first kappa shape index (κ1) is 29.6. The maximum atomic E-state index is 14.1. The first-order chi connectivity index (χ1) is 20.0. The molecule has 0 aromatic heterocycles. The van der Waals surface area contributed by atoms with Gasteiger partial charge >= 0.3 is 18.1 Å². The number of alkyl halides is 3. The number of benzene rings is 3. The van der Waals surface area contributed by atoms with Gasteiger partial charge in [0.2, 0.25) is 0 Å². The van der Waals surface area contributed by atoms with Crippen LogP contribution in [0.25, 0.3) is 0 Å². The molecule has 2 atom stereocenters. The molecule has 1 saturated carbocycles. The summed E-state index contributed by atoms with van der Waals surface area (Å²) in [4.78, 5) is 32.2. The molecule has 3 amide bonds. The number of aliphatic imine (C=N–C) groups is 1. The Bertz CT molecular complexity index is 1470. The van der Waals surface area contributed by atoms with Crippen LogP contribution in [0.4, 0.5) is 23.7 Å². The molecule has 1 aliphatic carbocycles. The van der Waals surface area contributed by atoms with E-state index in [0.717, 1.165) is 43.4 Å². The van der Waals surface area contributed by atoms with Crippen LogP contribution in [0, 0.1) is 0 Å². The number of nitrogens with one attached hydrogen (secondary N) is 2. The number of nitrogens with zero attached hydrogens (tertiary/aromatic N) is 2. The van der Waals surface area contributed by atoms with Crippen molar-refractivity contribution in [1.29, 1.82) is 0 Å². The predicted octanol–water partition coefficient (Wildman–Crippen LogP) is 5.37. The topological polar surface area (TPSA) is 90.8 Å². The minimum Gasteiger partial charge on any atom is -0.387 e. The molecule has 3 aromatic carbocycles. The molecule has 0 bridgehead atoms. The molecule has 2 aliphatic rings. The molecule has 5 rings (SSSR count). The summed E-state index contributed by atoms with van der Waals surface area (Å²) in [5.41, 5.74) is 1.09. The molecule has 0 radical (unpaired) electrons. The fraction of sp³-hybridized carbons (Fsp3) is 0.344. The van der Waals surface area contributed by atoms with Crippen LogP contribution in [-0.4, -0.2) is 55.0 Å². The molecule has 0 spiro atoms. The number of benzodiazepines with no additional fused rings is 1. The van der Waals surface area contributed by atoms with Crippen LogP contribution in [0.2, 0.25) is 0 Å². The van der Waals surface area contributed by atoms with Crippen LogP contribution in [0.5, 0.6) is 0 Å². The minimum absolute atomic E-state index is 0.305. The SMILES string of the molecule is C[N+]1(C(=O)NC2(CNC[C@@H](O)c3ccccc3)CCCC2)C(=O)CN=C(c2ccc(C(F)(F)F)cc2)c2ccccc21. The molecule has 1 heterocycles. The maximum Gasteiger partial charge on any atom is 0.429 e. The van der Waals surface area contributed by atoms with Gasteiger partial charge in [-0.25, -0.2) is 9.59 Å². The Hall–Kier alpha value is -3.86. The van der Waals surface area contributed by atoms with Crippen LogP contribution < -0.4 is 15.1 Å². The molecule has 1 unspecified atom stereocenters. The number of likely N-dealkylation sites (N-methyl/N-ethyl adjacent to an activating group) is 1. The summed E-state index contributed by atoms with van der Waals surface area (Å²) in [6.45, 7) is 0.412. The number of para-hydroxylation sites is 1. The molecule has 3 N–H and O–H groups in total. The van der Waals surface area contributed by atoms with Gasteiger partial charge in [0.25, 0.3) is 0 Å². The number of aliphatic hydroxyl groups excluding tert-OH is 1. The average molecular weight is 580 g/mol. The van der Waals surface area contributed by atoms with Gasteiger partial charge in [0.15, 0.2) is 12.2 Å². The first-order valence-electron chi connectivity index (χ1n) is 14.0. The van der Waals surface area contributed by atoms with Crippen LogP contribution in [0.15, 0.2) is 83.9 Å². The summed E-state index contributed by atoms with van der Waals surface area (Å²) in [5.74, 6) is -0.456. The fourth-order valence-electron chi connectivity index (χ4n) is 5.84. The van der Waals surface area contributed by atoms with Crippen molar-refractivity contribution in [3.8, 4) is 0 Å². The Morgan fingerprint density at radius 1 is 1.00 bits per heavy atom. The van der Waals surface area contributed by atoms with Gasteiger partial charge in [-0.2, -0.15) is 13.2 Å². The molecular formula is C32H34F3N4O3+. The molecule has 7 nitrogen and oxygen atoms in total. The second-order valence-electron chi connectivity index (χ2n) is 11.1. The van der Waals surface area contributed by atoms with Crippen molar-refractivity contribution in [3.63, 3.8) is 0 Å². The zero-order valence-corrected chi connectivity index (χ0v) is 23.3. The van der Waals surface area contributed by atoms with E-state index in [1.165, 1.54) is 19.2 Å². The lowest BCUT2D eigenvalue weighted by atomic mass is 9.96. The van der Waals surface area contributed by atoms with E-state index in [1.54, 1.807) is 24.3 Å². The van der Waals surface area contributed by atoms with Crippen molar-refractivity contribution in [2.75, 3.05) is 26.7 Å². The molecule has 0 saturated heterocycles. The number of hydrogen-bond donors (Lipinski definition) is 3. The Morgan fingerprint density at radius 3 is 2.31 bits per heavy atom. The second-order valence-corrected chi connectivity index (χ2v) is 11.1. The molecule has 1 fully saturated rings. The summed E-state index contributed by atoms with van der Waals surface area (Å²) < 4.78 is 38.8. The fourth-order valence-corrected chi connectivity index (χ4v) is 5.84. The predicted molar refractivity (Wildman–Crippen MR) is 155 cm³/mol. The molecule has 1 aliphatic heterocycles. The average Bonchev–Trinajstić information content (AvgIpc) is 3.41. The summed E-state index contributed by atoms with van der Waals surface area (Å²) in [7, 11) is 1.54. The maximum absolute atomic E-state index is 14.1. The molecule has 3 aromatic rings. The monoisotopic (exact) mass is 579 g/mol. The smallest absolute Gasteiger partial charge is 0.387 e. The van der Waals surface area contributed by atoms with Gasteiger partial charge in [-0.05, 0) is 36.6 Å². The summed E-state index contributed by atoms with van der Waals surface area (Å²) >= 11 is 0. The third-order valence-corrected chi connectivity index (χ3v) is 8.32. The number of aliphatic hydroxyl groups is 1. The lowest BCUT2D eigenvalue weighted by Gasteiger charge is -2.35. The zero-order valence-electron chi connectivity index (χ0n) is 23.3. The number of carbonyl (C=O) groups is 2. The summed E-state index contributed by atoms with van der Waals surface area (Å²) in [6, 6.07) is 20.4. The van der Waals surface area contributed by atoms with Gasteiger partial charge in [-0.15, -0.1) is 4.48 Å². The summed E-state index contributed by atoms with van der Waals surface area (Å²) in [5, 5.41) is 17.1. The number of carbonyl (C=O) groups excluding carboxylic acids is 2. The minimum atomic E-state index is -4.48. The first-order valence-corrected chi connectivity index (χ1v) is 14.0.